The van der Waals surface area contributed by atoms with E-state index in [9.17, 15) is 4.39 Å². The zero-order valence-corrected chi connectivity index (χ0v) is 10.5. The molecule has 0 aliphatic heterocycles. The fraction of sp³-hybridized carbons (Fsp3) is 0.429. The van der Waals surface area contributed by atoms with Crippen LogP contribution in [0.15, 0.2) is 18.2 Å². The highest BCUT2D eigenvalue weighted by atomic mass is 19.1. The lowest BCUT2D eigenvalue weighted by Crippen LogP contribution is -2.04. The smallest absolute Gasteiger partial charge is 0.149 e. The third-order valence-electron chi connectivity index (χ3n) is 2.01. The summed E-state index contributed by atoms with van der Waals surface area (Å²) in [6.45, 7) is 6.63. The van der Waals surface area contributed by atoms with E-state index in [1.807, 2.05) is 20.8 Å². The third kappa shape index (κ3) is 4.88. The predicted octanol–water partition coefficient (Wildman–Crippen LogP) is 2.71. The van der Waals surface area contributed by atoms with Crippen LogP contribution in [0.3, 0.4) is 0 Å². The molecule has 0 spiro atoms. The molecule has 0 amide bonds. The Morgan fingerprint density at radius 1 is 1.35 bits per heavy atom. The fourth-order valence-electron chi connectivity index (χ4n) is 1.26. The second-order valence-corrected chi connectivity index (χ2v) is 4.80. The SMILES string of the molecule is CC(C)(C)C#CCOc1ccc(F)cc1CN. The lowest BCUT2D eigenvalue weighted by atomic mass is 9.98. The van der Waals surface area contributed by atoms with E-state index in [1.165, 1.54) is 12.1 Å². The van der Waals surface area contributed by atoms with Gasteiger partial charge in [0.15, 0.2) is 0 Å². The summed E-state index contributed by atoms with van der Waals surface area (Å²) in [7, 11) is 0. The van der Waals surface area contributed by atoms with E-state index in [1.54, 1.807) is 6.07 Å². The minimum Gasteiger partial charge on any atom is -0.481 e. The van der Waals surface area contributed by atoms with Gasteiger partial charge in [0.25, 0.3) is 0 Å². The van der Waals surface area contributed by atoms with Gasteiger partial charge in [-0.15, -0.1) is 0 Å². The summed E-state index contributed by atoms with van der Waals surface area (Å²) in [4.78, 5) is 0. The monoisotopic (exact) mass is 235 g/mol. The molecule has 1 rings (SSSR count). The molecule has 1 aromatic carbocycles. The van der Waals surface area contributed by atoms with Crippen LogP contribution in [0.25, 0.3) is 0 Å². The molecule has 0 unspecified atom stereocenters. The van der Waals surface area contributed by atoms with Crippen LogP contribution in [0.1, 0.15) is 26.3 Å². The topological polar surface area (TPSA) is 35.2 Å². The van der Waals surface area contributed by atoms with E-state index in [2.05, 4.69) is 11.8 Å². The van der Waals surface area contributed by atoms with Gasteiger partial charge in [0, 0.05) is 17.5 Å². The van der Waals surface area contributed by atoms with Gasteiger partial charge in [-0.25, -0.2) is 4.39 Å². The van der Waals surface area contributed by atoms with Crippen molar-refractivity contribution >= 4 is 0 Å². The first-order valence-electron chi connectivity index (χ1n) is 5.54. The number of nitrogens with two attached hydrogens (primary N) is 1. The molecule has 0 saturated carbocycles. The zero-order chi connectivity index (χ0) is 12.9. The first kappa shape index (κ1) is 13.5. The van der Waals surface area contributed by atoms with E-state index in [-0.39, 0.29) is 24.4 Å². The summed E-state index contributed by atoms with van der Waals surface area (Å²) in [5, 5.41) is 0. The summed E-state index contributed by atoms with van der Waals surface area (Å²) < 4.78 is 18.4. The molecular weight excluding hydrogens is 217 g/mol. The Labute approximate surface area is 102 Å². The minimum atomic E-state index is -0.307. The van der Waals surface area contributed by atoms with Crippen LogP contribution < -0.4 is 10.5 Å². The molecule has 2 nitrogen and oxygen atoms in total. The molecule has 0 aliphatic rings. The van der Waals surface area contributed by atoms with Crippen LogP contribution in [0.5, 0.6) is 5.75 Å². The summed E-state index contributed by atoms with van der Waals surface area (Å²) >= 11 is 0. The summed E-state index contributed by atoms with van der Waals surface area (Å²) in [6.07, 6.45) is 0. The Morgan fingerprint density at radius 2 is 2.06 bits per heavy atom. The molecule has 0 fully saturated rings. The number of rotatable bonds is 3. The highest BCUT2D eigenvalue weighted by Gasteiger charge is 2.04. The van der Waals surface area contributed by atoms with Crippen molar-refractivity contribution in [2.45, 2.75) is 27.3 Å². The van der Waals surface area contributed by atoms with Crippen LogP contribution in [-0.2, 0) is 6.54 Å². The maximum Gasteiger partial charge on any atom is 0.149 e. The van der Waals surface area contributed by atoms with Gasteiger partial charge >= 0.3 is 0 Å². The maximum atomic E-state index is 12.9. The number of ether oxygens (including phenoxy) is 1. The molecule has 17 heavy (non-hydrogen) atoms. The quantitative estimate of drug-likeness (QED) is 0.817. The Hall–Kier alpha value is -1.53. The van der Waals surface area contributed by atoms with Gasteiger partial charge in [-0.05, 0) is 39.0 Å². The summed E-state index contributed by atoms with van der Waals surface area (Å²) in [5.41, 5.74) is 6.13. The Kier molecular flexibility index (Phi) is 4.53. The number of benzene rings is 1. The first-order chi connectivity index (χ1) is 7.92. The fourth-order valence-corrected chi connectivity index (χ4v) is 1.26. The van der Waals surface area contributed by atoms with Crippen molar-refractivity contribution < 1.29 is 9.13 Å². The molecule has 0 aliphatic carbocycles. The molecule has 1 aromatic rings. The van der Waals surface area contributed by atoms with Crippen LogP contribution >= 0.6 is 0 Å². The Balaban J connectivity index is 2.66. The van der Waals surface area contributed by atoms with Crippen molar-refractivity contribution in [3.63, 3.8) is 0 Å². The van der Waals surface area contributed by atoms with Gasteiger partial charge in [0.1, 0.15) is 18.2 Å². The molecule has 0 atom stereocenters. The maximum absolute atomic E-state index is 12.9. The lowest BCUT2D eigenvalue weighted by Gasteiger charge is -2.09. The predicted molar refractivity (Wildman–Crippen MR) is 67.0 cm³/mol. The summed E-state index contributed by atoms with van der Waals surface area (Å²) in [6, 6.07) is 4.31. The normalized spacial score (nSPS) is 10.6. The van der Waals surface area contributed by atoms with E-state index >= 15 is 0 Å². The van der Waals surface area contributed by atoms with Crippen molar-refractivity contribution in [2.24, 2.45) is 11.1 Å². The van der Waals surface area contributed by atoms with Crippen molar-refractivity contribution in [3.05, 3.63) is 29.6 Å². The van der Waals surface area contributed by atoms with Crippen LogP contribution in [0.4, 0.5) is 4.39 Å². The van der Waals surface area contributed by atoms with Gasteiger partial charge in [0.2, 0.25) is 0 Å². The van der Waals surface area contributed by atoms with E-state index < -0.39 is 0 Å². The van der Waals surface area contributed by atoms with Crippen molar-refractivity contribution in [1.29, 1.82) is 0 Å². The molecule has 0 saturated heterocycles. The van der Waals surface area contributed by atoms with Crippen molar-refractivity contribution in [1.82, 2.24) is 0 Å². The van der Waals surface area contributed by atoms with Crippen LogP contribution in [0, 0.1) is 23.1 Å². The average Bonchev–Trinajstić information content (AvgIpc) is 2.24. The second kappa shape index (κ2) is 5.70. The summed E-state index contributed by atoms with van der Waals surface area (Å²) in [5.74, 6) is 6.28. The van der Waals surface area contributed by atoms with Gasteiger partial charge in [0.05, 0.1) is 0 Å². The highest BCUT2D eigenvalue weighted by molar-refractivity contribution is 5.34. The van der Waals surface area contributed by atoms with E-state index in [0.29, 0.717) is 11.3 Å². The van der Waals surface area contributed by atoms with Gasteiger partial charge in [-0.1, -0.05) is 11.8 Å². The Morgan fingerprint density at radius 3 is 2.65 bits per heavy atom. The standard InChI is InChI=1S/C14H18FNO/c1-14(2,3)7-4-8-17-13-6-5-12(15)9-11(13)10-16/h5-6,9H,8,10,16H2,1-3H3. The molecule has 0 bridgehead atoms. The molecule has 0 aromatic heterocycles. The van der Waals surface area contributed by atoms with Crippen molar-refractivity contribution in [3.8, 4) is 17.6 Å². The second-order valence-electron chi connectivity index (χ2n) is 4.80. The molecule has 92 valence electrons. The van der Waals surface area contributed by atoms with E-state index in [4.69, 9.17) is 10.5 Å². The highest BCUT2D eigenvalue weighted by Crippen LogP contribution is 2.19. The number of hydrogen-bond acceptors (Lipinski definition) is 2. The minimum absolute atomic E-state index is 0.0388. The van der Waals surface area contributed by atoms with Crippen molar-refractivity contribution in [2.75, 3.05) is 6.61 Å². The van der Waals surface area contributed by atoms with Crippen LogP contribution in [0.2, 0.25) is 0 Å². The molecule has 0 heterocycles. The lowest BCUT2D eigenvalue weighted by molar-refractivity contribution is 0.364. The molecule has 3 heteroatoms. The van der Waals surface area contributed by atoms with Crippen LogP contribution in [-0.4, -0.2) is 6.61 Å². The average molecular weight is 235 g/mol. The van der Waals surface area contributed by atoms with E-state index in [0.717, 1.165) is 0 Å². The largest absolute Gasteiger partial charge is 0.481 e. The number of halogens is 1. The first-order valence-corrected chi connectivity index (χ1v) is 5.54. The van der Waals surface area contributed by atoms with Gasteiger partial charge in [-0.2, -0.15) is 0 Å². The molecular formula is C14H18FNO. The number of hydrogen-bond donors (Lipinski definition) is 1. The molecule has 2 N–H and O–H groups in total. The Bertz CT molecular complexity index is 438. The molecule has 0 radical (unpaired) electrons. The van der Waals surface area contributed by atoms with Gasteiger partial charge < -0.3 is 10.5 Å². The third-order valence-corrected chi connectivity index (χ3v) is 2.01. The van der Waals surface area contributed by atoms with Gasteiger partial charge in [-0.3, -0.25) is 0 Å². The zero-order valence-electron chi connectivity index (χ0n) is 10.5.